The smallest absolute Gasteiger partial charge is 0.127 e. The third kappa shape index (κ3) is 3.75. The lowest BCUT2D eigenvalue weighted by Gasteiger charge is -2.15. The molecule has 4 aromatic carbocycles. The first-order valence-corrected chi connectivity index (χ1v) is 9.76. The van der Waals surface area contributed by atoms with E-state index in [1.807, 2.05) is 0 Å². The van der Waals surface area contributed by atoms with E-state index >= 15 is 0 Å². The van der Waals surface area contributed by atoms with Gasteiger partial charge in [0.25, 0.3) is 0 Å². The zero-order valence-electron chi connectivity index (χ0n) is 15.7. The van der Waals surface area contributed by atoms with Gasteiger partial charge in [-0.25, -0.2) is 0 Å². The maximum Gasteiger partial charge on any atom is 0.127 e. The number of unbranched alkanes of at least 4 members (excludes halogenated alkanes) is 2. The second-order valence-electron chi connectivity index (χ2n) is 6.86. The van der Waals surface area contributed by atoms with Crippen LogP contribution in [0.3, 0.4) is 0 Å². The van der Waals surface area contributed by atoms with Crippen molar-refractivity contribution in [1.82, 2.24) is 0 Å². The molecule has 0 unspecified atom stereocenters. The topological polar surface area (TPSA) is 21.3 Å². The summed E-state index contributed by atoms with van der Waals surface area (Å²) in [6, 6.07) is 27.5. The molecule has 4 aromatic rings. The Bertz CT molecular complexity index is 1050. The number of rotatable bonds is 7. The first kappa shape index (κ1) is 17.4. The van der Waals surface area contributed by atoms with E-state index in [-0.39, 0.29) is 0 Å². The lowest BCUT2D eigenvalue weighted by molar-refractivity contribution is 0.310. The molecule has 27 heavy (non-hydrogen) atoms. The van der Waals surface area contributed by atoms with Crippen LogP contribution in [-0.4, -0.2) is 6.61 Å². The van der Waals surface area contributed by atoms with Crippen LogP contribution in [0.25, 0.3) is 21.5 Å². The number of ether oxygens (including phenoxy) is 1. The molecular formula is C25H25NO. The van der Waals surface area contributed by atoms with Crippen molar-refractivity contribution in [3.8, 4) is 5.75 Å². The van der Waals surface area contributed by atoms with Gasteiger partial charge in [-0.2, -0.15) is 0 Å². The average Bonchev–Trinajstić information content (AvgIpc) is 2.73. The summed E-state index contributed by atoms with van der Waals surface area (Å²) in [5.41, 5.74) is 2.22. The van der Waals surface area contributed by atoms with Crippen molar-refractivity contribution < 1.29 is 4.74 Å². The predicted molar refractivity (Wildman–Crippen MR) is 116 cm³/mol. The first-order chi connectivity index (χ1) is 13.4. The van der Waals surface area contributed by atoms with Crippen molar-refractivity contribution >= 4 is 32.9 Å². The third-order valence-corrected chi connectivity index (χ3v) is 4.95. The highest BCUT2D eigenvalue weighted by molar-refractivity contribution is 6.02. The highest BCUT2D eigenvalue weighted by Crippen LogP contribution is 2.35. The molecule has 0 atom stereocenters. The Kier molecular flexibility index (Phi) is 5.24. The Morgan fingerprint density at radius 3 is 2.22 bits per heavy atom. The molecule has 2 heteroatoms. The van der Waals surface area contributed by atoms with E-state index in [4.69, 9.17) is 4.74 Å². The van der Waals surface area contributed by atoms with Crippen LogP contribution < -0.4 is 10.1 Å². The van der Waals surface area contributed by atoms with Gasteiger partial charge in [-0.15, -0.1) is 0 Å². The van der Waals surface area contributed by atoms with Gasteiger partial charge in [0, 0.05) is 27.5 Å². The molecule has 0 aliphatic heterocycles. The molecule has 0 spiro atoms. The van der Waals surface area contributed by atoms with Gasteiger partial charge in [-0.05, 0) is 30.0 Å². The van der Waals surface area contributed by atoms with Crippen LogP contribution in [0.2, 0.25) is 0 Å². The lowest BCUT2D eigenvalue weighted by atomic mass is 10.1. The predicted octanol–water partition coefficient (Wildman–Crippen LogP) is 7.31. The molecule has 4 rings (SSSR count). The second kappa shape index (κ2) is 8.13. The number of benzene rings is 4. The molecule has 0 aromatic heterocycles. The Morgan fingerprint density at radius 2 is 1.37 bits per heavy atom. The molecular weight excluding hydrogens is 330 g/mol. The molecule has 0 saturated carbocycles. The van der Waals surface area contributed by atoms with Gasteiger partial charge in [0.05, 0.1) is 6.61 Å². The molecule has 0 aliphatic rings. The second-order valence-corrected chi connectivity index (χ2v) is 6.86. The number of nitrogens with one attached hydrogen (secondary N) is 1. The highest BCUT2D eigenvalue weighted by atomic mass is 16.5. The quantitative estimate of drug-likeness (QED) is 0.351. The minimum absolute atomic E-state index is 0.772. The highest BCUT2D eigenvalue weighted by Gasteiger charge is 2.08. The van der Waals surface area contributed by atoms with Crippen LogP contribution in [0.15, 0.2) is 78.9 Å². The van der Waals surface area contributed by atoms with Crippen molar-refractivity contribution in [2.75, 3.05) is 11.9 Å². The minimum atomic E-state index is 0.772. The van der Waals surface area contributed by atoms with Gasteiger partial charge in [0.2, 0.25) is 0 Å². The zero-order valence-corrected chi connectivity index (χ0v) is 15.7. The van der Waals surface area contributed by atoms with E-state index in [1.54, 1.807) is 0 Å². The maximum absolute atomic E-state index is 6.07. The zero-order chi connectivity index (χ0) is 18.5. The van der Waals surface area contributed by atoms with E-state index in [1.165, 1.54) is 29.0 Å². The summed E-state index contributed by atoms with van der Waals surface area (Å²) in [5.74, 6) is 0.963. The molecule has 0 heterocycles. The van der Waals surface area contributed by atoms with Gasteiger partial charge in [0.15, 0.2) is 0 Å². The first-order valence-electron chi connectivity index (χ1n) is 9.76. The molecule has 0 fully saturated rings. The molecule has 0 radical (unpaired) electrons. The SMILES string of the molecule is CCCCCOc1ccc(Nc2cccc3ccccc23)c2ccccc12. The van der Waals surface area contributed by atoms with Crippen molar-refractivity contribution in [3.05, 3.63) is 78.9 Å². The van der Waals surface area contributed by atoms with Crippen molar-refractivity contribution in [2.45, 2.75) is 26.2 Å². The fourth-order valence-corrected chi connectivity index (χ4v) is 3.52. The molecule has 0 saturated heterocycles. The molecule has 136 valence electrons. The number of hydrogen-bond acceptors (Lipinski definition) is 2. The monoisotopic (exact) mass is 355 g/mol. The van der Waals surface area contributed by atoms with Crippen LogP contribution in [-0.2, 0) is 0 Å². The van der Waals surface area contributed by atoms with Crippen molar-refractivity contribution in [1.29, 1.82) is 0 Å². The normalized spacial score (nSPS) is 11.0. The molecule has 2 nitrogen and oxygen atoms in total. The Labute approximate surface area is 160 Å². The summed E-state index contributed by atoms with van der Waals surface area (Å²) in [6.45, 7) is 2.98. The van der Waals surface area contributed by atoms with E-state index in [2.05, 4.69) is 91.1 Å². The standard InChI is InChI=1S/C25H25NO/c1-2-3-8-18-27-25-17-16-24(21-13-6-7-14-22(21)25)26-23-15-9-11-19-10-4-5-12-20(19)23/h4-7,9-17,26H,2-3,8,18H2,1H3. The summed E-state index contributed by atoms with van der Waals surface area (Å²) in [5, 5.41) is 8.43. The average molecular weight is 355 g/mol. The molecule has 1 N–H and O–H groups in total. The summed E-state index contributed by atoms with van der Waals surface area (Å²) >= 11 is 0. The largest absolute Gasteiger partial charge is 0.493 e. The van der Waals surface area contributed by atoms with Gasteiger partial charge >= 0.3 is 0 Å². The molecule has 0 aliphatic carbocycles. The summed E-state index contributed by atoms with van der Waals surface area (Å²) in [6.07, 6.45) is 3.51. The summed E-state index contributed by atoms with van der Waals surface area (Å²) < 4.78 is 6.07. The Hall–Kier alpha value is -3.00. The lowest BCUT2D eigenvalue weighted by Crippen LogP contribution is -1.99. The van der Waals surface area contributed by atoms with Crippen LogP contribution >= 0.6 is 0 Å². The van der Waals surface area contributed by atoms with Crippen molar-refractivity contribution in [2.24, 2.45) is 0 Å². The van der Waals surface area contributed by atoms with Crippen LogP contribution in [0.1, 0.15) is 26.2 Å². The van der Waals surface area contributed by atoms with Crippen LogP contribution in [0.5, 0.6) is 5.75 Å². The van der Waals surface area contributed by atoms with Crippen LogP contribution in [0.4, 0.5) is 11.4 Å². The fourth-order valence-electron chi connectivity index (χ4n) is 3.52. The van der Waals surface area contributed by atoms with E-state index in [0.717, 1.165) is 35.5 Å². The third-order valence-electron chi connectivity index (χ3n) is 4.95. The van der Waals surface area contributed by atoms with Gasteiger partial charge < -0.3 is 10.1 Å². The maximum atomic E-state index is 6.07. The number of fused-ring (bicyclic) bond motifs is 2. The fraction of sp³-hybridized carbons (Fsp3) is 0.200. The molecule has 0 bridgehead atoms. The van der Waals surface area contributed by atoms with E-state index in [0.29, 0.717) is 0 Å². The van der Waals surface area contributed by atoms with Gasteiger partial charge in [-0.1, -0.05) is 80.4 Å². The number of hydrogen-bond donors (Lipinski definition) is 1. The summed E-state index contributed by atoms with van der Waals surface area (Å²) in [4.78, 5) is 0. The van der Waals surface area contributed by atoms with Gasteiger partial charge in [0.1, 0.15) is 5.75 Å². The van der Waals surface area contributed by atoms with E-state index in [9.17, 15) is 0 Å². The Balaban J connectivity index is 1.68. The van der Waals surface area contributed by atoms with Gasteiger partial charge in [-0.3, -0.25) is 0 Å². The molecule has 0 amide bonds. The van der Waals surface area contributed by atoms with Crippen molar-refractivity contribution in [3.63, 3.8) is 0 Å². The van der Waals surface area contributed by atoms with E-state index < -0.39 is 0 Å². The number of anilines is 2. The summed E-state index contributed by atoms with van der Waals surface area (Å²) in [7, 11) is 0. The Morgan fingerprint density at radius 1 is 0.667 bits per heavy atom. The minimum Gasteiger partial charge on any atom is -0.493 e. The van der Waals surface area contributed by atoms with Crippen LogP contribution in [0, 0.1) is 0 Å².